The summed E-state index contributed by atoms with van der Waals surface area (Å²) in [6.45, 7) is 6.46. The zero-order chi connectivity index (χ0) is 17.0. The molecule has 2 heterocycles. The first kappa shape index (κ1) is 21.9. The number of rotatable bonds is 9. The molecule has 8 heteroatoms. The molecule has 2 rings (SSSR count). The summed E-state index contributed by atoms with van der Waals surface area (Å²) in [6.07, 6.45) is 3.91. The molecule has 1 aliphatic rings. The number of nitrogens with one attached hydrogen (secondary N) is 2. The molecule has 1 unspecified atom stereocenters. The van der Waals surface area contributed by atoms with Crippen molar-refractivity contribution in [3.63, 3.8) is 0 Å². The summed E-state index contributed by atoms with van der Waals surface area (Å²) in [4.78, 5) is 8.77. The van der Waals surface area contributed by atoms with Gasteiger partial charge in [-0.1, -0.05) is 6.07 Å². The predicted molar refractivity (Wildman–Crippen MR) is 109 cm³/mol. The first-order valence-electron chi connectivity index (χ1n) is 8.53. The fourth-order valence-electron chi connectivity index (χ4n) is 2.41. The second kappa shape index (κ2) is 13.1. The Balaban J connectivity index is 0.00000312. The number of methoxy groups -OCH3 is 1. The van der Waals surface area contributed by atoms with Crippen molar-refractivity contribution < 1.29 is 14.2 Å². The van der Waals surface area contributed by atoms with Gasteiger partial charge in [-0.15, -0.1) is 24.0 Å². The lowest BCUT2D eigenvalue weighted by atomic mass is 10.3. The van der Waals surface area contributed by atoms with E-state index < -0.39 is 0 Å². The summed E-state index contributed by atoms with van der Waals surface area (Å²) in [5, 5.41) is 6.56. The Kier molecular flexibility index (Phi) is 11.5. The van der Waals surface area contributed by atoms with Crippen molar-refractivity contribution >= 4 is 29.9 Å². The van der Waals surface area contributed by atoms with Crippen molar-refractivity contribution in [2.45, 2.75) is 32.4 Å². The van der Waals surface area contributed by atoms with Gasteiger partial charge in [-0.25, -0.2) is 9.98 Å². The average Bonchev–Trinajstić information content (AvgIpc) is 3.13. The van der Waals surface area contributed by atoms with E-state index in [4.69, 9.17) is 14.2 Å². The van der Waals surface area contributed by atoms with Crippen LogP contribution in [0.3, 0.4) is 0 Å². The van der Waals surface area contributed by atoms with Crippen LogP contribution < -0.4 is 15.4 Å². The Labute approximate surface area is 167 Å². The van der Waals surface area contributed by atoms with Gasteiger partial charge in [0.25, 0.3) is 0 Å². The van der Waals surface area contributed by atoms with Crippen molar-refractivity contribution in [2.75, 3.05) is 40.0 Å². The lowest BCUT2D eigenvalue weighted by molar-refractivity contribution is 0.0420. The molecule has 1 atom stereocenters. The minimum atomic E-state index is 0. The lowest BCUT2D eigenvalue weighted by Crippen LogP contribution is -2.38. The monoisotopic (exact) mass is 464 g/mol. The molecule has 0 bridgehead atoms. The van der Waals surface area contributed by atoms with Gasteiger partial charge in [-0.05, 0) is 25.8 Å². The van der Waals surface area contributed by atoms with E-state index in [9.17, 15) is 0 Å². The fourth-order valence-corrected chi connectivity index (χ4v) is 2.41. The Hall–Kier alpha value is -1.13. The van der Waals surface area contributed by atoms with E-state index in [2.05, 4.69) is 20.6 Å². The maximum Gasteiger partial charge on any atom is 0.218 e. The van der Waals surface area contributed by atoms with Gasteiger partial charge in [-0.2, -0.15) is 0 Å². The van der Waals surface area contributed by atoms with Crippen LogP contribution >= 0.6 is 24.0 Å². The number of hydrogen-bond acceptors (Lipinski definition) is 5. The van der Waals surface area contributed by atoms with Gasteiger partial charge in [0.05, 0.1) is 26.4 Å². The fraction of sp³-hybridized carbons (Fsp3) is 0.647. The number of guanidine groups is 1. The minimum Gasteiger partial charge on any atom is -0.481 e. The Morgan fingerprint density at radius 2 is 2.32 bits per heavy atom. The first-order valence-corrected chi connectivity index (χ1v) is 8.53. The van der Waals surface area contributed by atoms with Gasteiger partial charge in [0.2, 0.25) is 5.88 Å². The van der Waals surface area contributed by atoms with Crippen LogP contribution in [0, 0.1) is 0 Å². The van der Waals surface area contributed by atoms with Crippen molar-refractivity contribution in [2.24, 2.45) is 4.99 Å². The van der Waals surface area contributed by atoms with Crippen molar-refractivity contribution in [3.8, 4) is 5.88 Å². The summed E-state index contributed by atoms with van der Waals surface area (Å²) in [7, 11) is 1.62. The first-order chi connectivity index (χ1) is 11.8. The van der Waals surface area contributed by atoms with Crippen LogP contribution in [-0.4, -0.2) is 57.1 Å². The van der Waals surface area contributed by atoms with E-state index in [-0.39, 0.29) is 30.1 Å². The third-order valence-electron chi connectivity index (χ3n) is 3.65. The highest BCUT2D eigenvalue weighted by Gasteiger charge is 2.15. The topological polar surface area (TPSA) is 77.0 Å². The molecule has 0 aromatic carbocycles. The predicted octanol–water partition coefficient (Wildman–Crippen LogP) is 1.96. The summed E-state index contributed by atoms with van der Waals surface area (Å²) in [5.74, 6) is 1.40. The molecule has 0 aliphatic carbocycles. The lowest BCUT2D eigenvalue weighted by Gasteiger charge is -2.13. The largest absolute Gasteiger partial charge is 0.481 e. The third-order valence-corrected chi connectivity index (χ3v) is 3.65. The van der Waals surface area contributed by atoms with Crippen LogP contribution in [0.5, 0.6) is 5.88 Å². The highest BCUT2D eigenvalue weighted by atomic mass is 127. The van der Waals surface area contributed by atoms with Gasteiger partial charge >= 0.3 is 0 Å². The number of hydrogen-bond donors (Lipinski definition) is 2. The van der Waals surface area contributed by atoms with Crippen LogP contribution in [-0.2, 0) is 16.0 Å². The summed E-state index contributed by atoms with van der Waals surface area (Å²) in [5.41, 5.74) is 0.960. The van der Waals surface area contributed by atoms with E-state index in [0.29, 0.717) is 12.4 Å². The van der Waals surface area contributed by atoms with Crippen molar-refractivity contribution in [1.82, 2.24) is 15.6 Å². The van der Waals surface area contributed by atoms with Gasteiger partial charge in [0.1, 0.15) is 0 Å². The van der Waals surface area contributed by atoms with E-state index >= 15 is 0 Å². The van der Waals surface area contributed by atoms with Crippen LogP contribution in [0.15, 0.2) is 23.3 Å². The van der Waals surface area contributed by atoms with Crippen LogP contribution in [0.1, 0.15) is 25.3 Å². The molecule has 1 fully saturated rings. The van der Waals surface area contributed by atoms with E-state index in [1.165, 1.54) is 0 Å². The smallest absolute Gasteiger partial charge is 0.218 e. The van der Waals surface area contributed by atoms with Crippen molar-refractivity contribution in [1.29, 1.82) is 0 Å². The minimum absolute atomic E-state index is 0. The number of aliphatic imine (C=N–C) groups is 1. The highest BCUT2D eigenvalue weighted by molar-refractivity contribution is 14.0. The molecule has 7 nitrogen and oxygen atoms in total. The average molecular weight is 464 g/mol. The van der Waals surface area contributed by atoms with Gasteiger partial charge in [0.15, 0.2) is 5.96 Å². The Morgan fingerprint density at radius 1 is 1.44 bits per heavy atom. The molecule has 25 heavy (non-hydrogen) atoms. The SMILES string of the molecule is CCNC(=NCc1cccnc1OC)NCCCOC1CCOC1.I. The van der Waals surface area contributed by atoms with Gasteiger partial charge in [-0.3, -0.25) is 0 Å². The van der Waals surface area contributed by atoms with E-state index in [0.717, 1.165) is 57.3 Å². The van der Waals surface area contributed by atoms with E-state index in [1.54, 1.807) is 13.3 Å². The maximum absolute atomic E-state index is 5.75. The zero-order valence-electron chi connectivity index (χ0n) is 15.0. The zero-order valence-corrected chi connectivity index (χ0v) is 17.3. The molecule has 1 aromatic rings. The molecule has 2 N–H and O–H groups in total. The molecule has 0 saturated carbocycles. The standard InChI is InChI=1S/C17H28N4O3.HI/c1-3-18-17(20-9-5-10-24-15-7-11-23-13-15)21-12-14-6-4-8-19-16(14)22-2;/h4,6,8,15H,3,5,7,9-13H2,1-2H3,(H2,18,20,21);1H. The van der Waals surface area contributed by atoms with E-state index in [1.807, 2.05) is 19.1 Å². The molecule has 1 saturated heterocycles. The van der Waals surface area contributed by atoms with Crippen LogP contribution in [0.2, 0.25) is 0 Å². The molecule has 142 valence electrons. The number of nitrogens with zero attached hydrogens (tertiary/aromatic N) is 2. The van der Waals surface area contributed by atoms with Crippen molar-refractivity contribution in [3.05, 3.63) is 23.9 Å². The molecule has 0 spiro atoms. The second-order valence-electron chi connectivity index (χ2n) is 5.50. The number of ether oxygens (including phenoxy) is 3. The quantitative estimate of drug-likeness (QED) is 0.252. The Morgan fingerprint density at radius 3 is 3.04 bits per heavy atom. The third kappa shape index (κ3) is 8.19. The molecule has 0 radical (unpaired) electrons. The molecule has 1 aromatic heterocycles. The summed E-state index contributed by atoms with van der Waals surface area (Å²) < 4.78 is 16.3. The number of aromatic nitrogens is 1. The number of pyridine rings is 1. The Bertz CT molecular complexity index is 510. The maximum atomic E-state index is 5.75. The van der Waals surface area contributed by atoms with Crippen LogP contribution in [0.4, 0.5) is 0 Å². The second-order valence-corrected chi connectivity index (χ2v) is 5.50. The highest BCUT2D eigenvalue weighted by Crippen LogP contribution is 2.14. The molecular weight excluding hydrogens is 435 g/mol. The van der Waals surface area contributed by atoms with Crippen LogP contribution in [0.25, 0.3) is 0 Å². The molecular formula is C17H29IN4O3. The number of halogens is 1. The summed E-state index contributed by atoms with van der Waals surface area (Å²) >= 11 is 0. The van der Waals surface area contributed by atoms with Gasteiger partial charge < -0.3 is 24.8 Å². The molecule has 0 amide bonds. The van der Waals surface area contributed by atoms with Gasteiger partial charge in [0, 0.05) is 38.1 Å². The molecule has 1 aliphatic heterocycles. The normalized spacial score (nSPS) is 17.0. The summed E-state index contributed by atoms with van der Waals surface area (Å²) in [6, 6.07) is 3.86.